The quantitative estimate of drug-likeness (QED) is 0.455. The number of nitrogens with one attached hydrogen (secondary N) is 2. The molecule has 2 fully saturated rings. The van der Waals surface area contributed by atoms with Crippen molar-refractivity contribution in [1.29, 1.82) is 0 Å². The van der Waals surface area contributed by atoms with Crippen molar-refractivity contribution in [3.05, 3.63) is 40.4 Å². The van der Waals surface area contributed by atoms with Crippen LogP contribution in [0.5, 0.6) is 0 Å². The molecular weight excluding hydrogens is 469 g/mol. The standard InChI is InChI=1S/C25H34FN5O3S/c1-30(18-5-3-6-18)14-17-7-8-21(20(13-17)23(32)27-11-4-10-26)28-24(33)22-16-35-25(29-22)31-12-9-19(15-31)34-2/h7-8,13,16,18-19H,3-6,9-12,14-15H2,1-2H3,(H,27,32)(H,28,33)/t19-/m0/s1. The van der Waals surface area contributed by atoms with Gasteiger partial charge in [0.1, 0.15) is 5.69 Å². The molecule has 1 atom stereocenters. The van der Waals surface area contributed by atoms with E-state index in [2.05, 4.69) is 32.5 Å². The van der Waals surface area contributed by atoms with Crippen LogP contribution in [0.3, 0.4) is 0 Å². The number of alkyl halides is 1. The lowest BCUT2D eigenvalue weighted by atomic mass is 9.91. The van der Waals surface area contributed by atoms with Gasteiger partial charge in [-0.2, -0.15) is 0 Å². The van der Waals surface area contributed by atoms with Gasteiger partial charge in [0.15, 0.2) is 5.13 Å². The van der Waals surface area contributed by atoms with Gasteiger partial charge >= 0.3 is 0 Å². The summed E-state index contributed by atoms with van der Waals surface area (Å²) in [7, 11) is 3.80. The third-order valence-electron chi connectivity index (χ3n) is 6.78. The zero-order chi connectivity index (χ0) is 24.8. The summed E-state index contributed by atoms with van der Waals surface area (Å²) < 4.78 is 18.0. The predicted octanol–water partition coefficient (Wildman–Crippen LogP) is 3.69. The first-order valence-electron chi connectivity index (χ1n) is 12.2. The van der Waals surface area contributed by atoms with E-state index in [0.717, 1.165) is 36.8 Å². The van der Waals surface area contributed by atoms with Crippen molar-refractivity contribution < 1.29 is 18.7 Å². The highest BCUT2D eigenvalue weighted by Crippen LogP contribution is 2.28. The molecular formula is C25H34FN5O3S. The average molecular weight is 504 g/mol. The molecule has 2 N–H and O–H groups in total. The van der Waals surface area contributed by atoms with Crippen molar-refractivity contribution in [3.63, 3.8) is 0 Å². The van der Waals surface area contributed by atoms with Crippen LogP contribution in [0.25, 0.3) is 0 Å². The van der Waals surface area contributed by atoms with Gasteiger partial charge in [0.05, 0.1) is 24.0 Å². The maximum Gasteiger partial charge on any atom is 0.275 e. The van der Waals surface area contributed by atoms with Gasteiger partial charge in [-0.3, -0.25) is 18.9 Å². The first-order valence-corrected chi connectivity index (χ1v) is 13.1. The normalized spacial score (nSPS) is 18.1. The van der Waals surface area contributed by atoms with E-state index in [1.165, 1.54) is 30.6 Å². The SMILES string of the molecule is CO[C@H]1CCN(c2nc(C(=O)Nc3ccc(CN(C)C4CCC4)cc3C(=O)NCCCF)cs2)C1. The molecule has 1 aliphatic heterocycles. The first kappa shape index (κ1) is 25.5. The summed E-state index contributed by atoms with van der Waals surface area (Å²) in [6.45, 7) is 2.06. The van der Waals surface area contributed by atoms with Crippen molar-refractivity contribution in [3.8, 4) is 0 Å². The monoisotopic (exact) mass is 503 g/mol. The minimum atomic E-state index is -0.496. The Morgan fingerprint density at radius 2 is 2.11 bits per heavy atom. The van der Waals surface area contributed by atoms with E-state index in [1.54, 1.807) is 18.6 Å². The highest BCUT2D eigenvalue weighted by molar-refractivity contribution is 7.14. The fourth-order valence-corrected chi connectivity index (χ4v) is 5.23. The summed E-state index contributed by atoms with van der Waals surface area (Å²) in [4.78, 5) is 34.8. The van der Waals surface area contributed by atoms with Crippen LogP contribution < -0.4 is 15.5 Å². The van der Waals surface area contributed by atoms with Gasteiger partial charge in [-0.15, -0.1) is 11.3 Å². The van der Waals surface area contributed by atoms with E-state index in [0.29, 0.717) is 23.0 Å². The number of amides is 2. The topological polar surface area (TPSA) is 86.8 Å². The minimum Gasteiger partial charge on any atom is -0.380 e. The summed E-state index contributed by atoms with van der Waals surface area (Å²) in [5.41, 5.74) is 2.08. The smallest absolute Gasteiger partial charge is 0.275 e. The number of thiazole rings is 1. The Balaban J connectivity index is 1.48. The van der Waals surface area contributed by atoms with Crippen molar-refractivity contribution >= 4 is 34.0 Å². The van der Waals surface area contributed by atoms with Crippen molar-refractivity contribution in [2.45, 2.75) is 50.8 Å². The van der Waals surface area contributed by atoms with Gasteiger partial charge in [0.25, 0.3) is 11.8 Å². The number of nitrogens with zero attached hydrogens (tertiary/aromatic N) is 3. The lowest BCUT2D eigenvalue weighted by Gasteiger charge is -2.34. The lowest BCUT2D eigenvalue weighted by molar-refractivity contribution is 0.0953. The maximum absolute atomic E-state index is 13.0. The third kappa shape index (κ3) is 6.36. The summed E-state index contributed by atoms with van der Waals surface area (Å²) in [5.74, 6) is -0.698. The Kier molecular flexibility index (Phi) is 8.69. The molecule has 0 spiro atoms. The van der Waals surface area contributed by atoms with E-state index in [9.17, 15) is 14.0 Å². The molecule has 190 valence electrons. The molecule has 1 aliphatic carbocycles. The van der Waals surface area contributed by atoms with Crippen LogP contribution in [0.4, 0.5) is 15.2 Å². The van der Waals surface area contributed by atoms with Crippen LogP contribution in [-0.2, 0) is 11.3 Å². The van der Waals surface area contributed by atoms with Crippen molar-refractivity contribution in [2.75, 3.05) is 50.7 Å². The van der Waals surface area contributed by atoms with E-state index in [-0.39, 0.29) is 30.9 Å². The number of anilines is 2. The predicted molar refractivity (Wildman–Crippen MR) is 136 cm³/mol. The Labute approximate surface area is 209 Å². The molecule has 0 bridgehead atoms. The van der Waals surface area contributed by atoms with Gasteiger partial charge in [0, 0.05) is 44.7 Å². The molecule has 4 rings (SSSR count). The lowest BCUT2D eigenvalue weighted by Crippen LogP contribution is -2.36. The summed E-state index contributed by atoms with van der Waals surface area (Å²) >= 11 is 1.42. The van der Waals surface area contributed by atoms with Gasteiger partial charge in [-0.25, -0.2) is 4.98 Å². The number of aromatic nitrogens is 1. The second kappa shape index (κ2) is 11.9. The molecule has 1 saturated heterocycles. The molecule has 1 aromatic carbocycles. The largest absolute Gasteiger partial charge is 0.380 e. The highest BCUT2D eigenvalue weighted by Gasteiger charge is 2.26. The van der Waals surface area contributed by atoms with Crippen LogP contribution in [0.1, 0.15) is 58.5 Å². The molecule has 35 heavy (non-hydrogen) atoms. The zero-order valence-electron chi connectivity index (χ0n) is 20.4. The highest BCUT2D eigenvalue weighted by atomic mass is 32.1. The Morgan fingerprint density at radius 3 is 2.80 bits per heavy atom. The number of methoxy groups -OCH3 is 1. The minimum absolute atomic E-state index is 0.177. The van der Waals surface area contributed by atoms with Gasteiger partial charge in [-0.05, 0) is 50.4 Å². The van der Waals surface area contributed by atoms with E-state index < -0.39 is 6.67 Å². The van der Waals surface area contributed by atoms with E-state index in [1.807, 2.05) is 12.1 Å². The zero-order valence-corrected chi connectivity index (χ0v) is 21.2. The molecule has 1 aromatic heterocycles. The molecule has 2 heterocycles. The molecule has 2 aliphatic rings. The van der Waals surface area contributed by atoms with Gasteiger partial charge < -0.3 is 20.3 Å². The van der Waals surface area contributed by atoms with Crippen molar-refractivity contribution in [1.82, 2.24) is 15.2 Å². The average Bonchev–Trinajstić information content (AvgIpc) is 3.48. The first-order chi connectivity index (χ1) is 17.0. The molecule has 0 unspecified atom stereocenters. The molecule has 2 aromatic rings. The molecule has 0 radical (unpaired) electrons. The number of carbonyl (C=O) groups excluding carboxylic acids is 2. The maximum atomic E-state index is 13.0. The number of carbonyl (C=O) groups is 2. The Hall–Kier alpha value is -2.56. The summed E-state index contributed by atoms with van der Waals surface area (Å²) in [6.07, 6.45) is 5.00. The Bertz CT molecular complexity index is 1030. The van der Waals surface area contributed by atoms with Gasteiger partial charge in [-0.1, -0.05) is 12.5 Å². The summed E-state index contributed by atoms with van der Waals surface area (Å²) in [5, 5.41) is 8.13. The van der Waals surface area contributed by atoms with Crippen LogP contribution in [0.2, 0.25) is 0 Å². The fraction of sp³-hybridized carbons (Fsp3) is 0.560. The summed E-state index contributed by atoms with van der Waals surface area (Å²) in [6, 6.07) is 6.09. The molecule has 1 saturated carbocycles. The van der Waals surface area contributed by atoms with Gasteiger partial charge in [0.2, 0.25) is 0 Å². The Morgan fingerprint density at radius 1 is 1.29 bits per heavy atom. The molecule has 8 nitrogen and oxygen atoms in total. The number of halogens is 1. The van der Waals surface area contributed by atoms with Crippen LogP contribution in [0.15, 0.2) is 23.6 Å². The number of hydrogen-bond donors (Lipinski definition) is 2. The van der Waals surface area contributed by atoms with E-state index in [4.69, 9.17) is 4.74 Å². The number of benzene rings is 1. The fourth-order valence-electron chi connectivity index (χ4n) is 4.39. The molecule has 2 amide bonds. The van der Waals surface area contributed by atoms with E-state index >= 15 is 0 Å². The molecule has 10 heteroatoms. The van der Waals surface area contributed by atoms with Crippen LogP contribution >= 0.6 is 11.3 Å². The van der Waals surface area contributed by atoms with Crippen LogP contribution in [0, 0.1) is 0 Å². The second-order valence-corrected chi connectivity index (χ2v) is 10.1. The van der Waals surface area contributed by atoms with Crippen LogP contribution in [-0.4, -0.2) is 74.3 Å². The number of rotatable bonds is 11. The number of hydrogen-bond acceptors (Lipinski definition) is 7. The number of ether oxygens (including phenoxy) is 1. The third-order valence-corrected chi connectivity index (χ3v) is 7.68. The second-order valence-electron chi connectivity index (χ2n) is 9.24. The van der Waals surface area contributed by atoms with Crippen molar-refractivity contribution in [2.24, 2.45) is 0 Å².